The first-order valence-corrected chi connectivity index (χ1v) is 6.71. The molecule has 2 aliphatic rings. The Kier molecular flexibility index (Phi) is 4.79. The number of ketones is 1. The van der Waals surface area contributed by atoms with Crippen molar-refractivity contribution in [2.45, 2.75) is 51.0 Å². The van der Waals surface area contributed by atoms with E-state index >= 15 is 0 Å². The predicted octanol–water partition coefficient (Wildman–Crippen LogP) is 1.90. The summed E-state index contributed by atoms with van der Waals surface area (Å²) in [6, 6.07) is 0. The highest BCUT2D eigenvalue weighted by Gasteiger charge is 2.22. The van der Waals surface area contributed by atoms with Crippen LogP contribution in [-0.4, -0.2) is 31.6 Å². The first-order valence-electron chi connectivity index (χ1n) is 6.71. The second-order valence-electron chi connectivity index (χ2n) is 5.06. The molecule has 1 heterocycles. The van der Waals surface area contributed by atoms with Crippen molar-refractivity contribution in [1.29, 1.82) is 0 Å². The molecule has 0 spiro atoms. The van der Waals surface area contributed by atoms with Crippen LogP contribution in [-0.2, 0) is 9.53 Å². The lowest BCUT2D eigenvalue weighted by Gasteiger charge is -2.25. The molecule has 16 heavy (non-hydrogen) atoms. The maximum absolute atomic E-state index is 11.9. The van der Waals surface area contributed by atoms with Crippen LogP contribution in [0.3, 0.4) is 0 Å². The van der Waals surface area contributed by atoms with E-state index in [-0.39, 0.29) is 0 Å². The van der Waals surface area contributed by atoms with Crippen molar-refractivity contribution in [3.05, 3.63) is 0 Å². The van der Waals surface area contributed by atoms with Crippen LogP contribution < -0.4 is 5.32 Å². The zero-order valence-corrected chi connectivity index (χ0v) is 10.0. The maximum Gasteiger partial charge on any atom is 0.161 e. The van der Waals surface area contributed by atoms with Crippen molar-refractivity contribution in [1.82, 2.24) is 5.32 Å². The van der Waals surface area contributed by atoms with E-state index in [0.29, 0.717) is 24.4 Å². The van der Waals surface area contributed by atoms with Crippen LogP contribution in [0.25, 0.3) is 0 Å². The Morgan fingerprint density at radius 1 is 1.06 bits per heavy atom. The van der Waals surface area contributed by atoms with Gasteiger partial charge >= 0.3 is 0 Å². The van der Waals surface area contributed by atoms with Crippen LogP contribution >= 0.6 is 0 Å². The second-order valence-corrected chi connectivity index (χ2v) is 5.06. The quantitative estimate of drug-likeness (QED) is 0.794. The lowest BCUT2D eigenvalue weighted by Crippen LogP contribution is -2.34. The van der Waals surface area contributed by atoms with Gasteiger partial charge in [0, 0.05) is 5.92 Å². The van der Waals surface area contributed by atoms with Crippen molar-refractivity contribution in [2.75, 3.05) is 19.7 Å². The number of carbonyl (C=O) groups is 1. The lowest BCUT2D eigenvalue weighted by molar-refractivity contribution is -0.131. The molecule has 1 saturated carbocycles. The summed E-state index contributed by atoms with van der Waals surface area (Å²) in [7, 11) is 0. The molecule has 0 atom stereocenters. The van der Waals surface area contributed by atoms with E-state index in [9.17, 15) is 4.79 Å². The Balaban J connectivity index is 1.65. The third-order valence-electron chi connectivity index (χ3n) is 3.81. The molecule has 3 nitrogen and oxygen atoms in total. The van der Waals surface area contributed by atoms with Crippen LogP contribution in [0, 0.1) is 5.92 Å². The van der Waals surface area contributed by atoms with Crippen LogP contribution in [0.15, 0.2) is 0 Å². The molecule has 0 unspecified atom stereocenters. The Hall–Kier alpha value is -0.410. The van der Waals surface area contributed by atoms with Crippen LogP contribution in [0.4, 0.5) is 0 Å². The van der Waals surface area contributed by atoms with Gasteiger partial charge in [-0.2, -0.15) is 0 Å². The number of Topliss-reactive ketones (excluding diaryl/α,β-unsaturated/α-hetero) is 1. The number of piperidine rings is 1. The van der Waals surface area contributed by atoms with Crippen LogP contribution in [0.1, 0.15) is 44.9 Å². The summed E-state index contributed by atoms with van der Waals surface area (Å²) in [6.07, 6.45) is 8.36. The highest BCUT2D eigenvalue weighted by molar-refractivity contribution is 5.82. The highest BCUT2D eigenvalue weighted by atomic mass is 16.5. The normalized spacial score (nSPS) is 24.5. The fourth-order valence-electron chi connectivity index (χ4n) is 2.70. The number of rotatable bonds is 4. The molecule has 0 aromatic rings. The number of hydrogen-bond acceptors (Lipinski definition) is 3. The molecule has 0 aromatic heterocycles. The molecule has 1 N–H and O–H groups in total. The fourth-order valence-corrected chi connectivity index (χ4v) is 2.70. The SMILES string of the molecule is O=C(COC1CCNCC1)C1CCCCC1. The second kappa shape index (κ2) is 6.36. The van der Waals surface area contributed by atoms with Crippen molar-refractivity contribution in [3.63, 3.8) is 0 Å². The molecule has 0 amide bonds. The van der Waals surface area contributed by atoms with Crippen molar-refractivity contribution in [3.8, 4) is 0 Å². The zero-order valence-electron chi connectivity index (χ0n) is 10.0. The summed E-state index contributed by atoms with van der Waals surface area (Å²) in [5.74, 6) is 0.647. The van der Waals surface area contributed by atoms with Gasteiger partial charge in [0.05, 0.1) is 6.10 Å². The molecule has 1 aliphatic carbocycles. The van der Waals surface area contributed by atoms with Gasteiger partial charge in [0.1, 0.15) is 6.61 Å². The molecular formula is C13H23NO2. The summed E-state index contributed by atoms with van der Waals surface area (Å²) >= 11 is 0. The highest BCUT2D eigenvalue weighted by Crippen LogP contribution is 2.24. The van der Waals surface area contributed by atoms with Crippen LogP contribution in [0.2, 0.25) is 0 Å². The van der Waals surface area contributed by atoms with Crippen molar-refractivity contribution in [2.24, 2.45) is 5.92 Å². The first-order chi connectivity index (χ1) is 7.86. The molecule has 0 radical (unpaired) electrons. The number of ether oxygens (including phenoxy) is 1. The minimum absolute atomic E-state index is 0.301. The van der Waals surface area contributed by atoms with E-state index in [2.05, 4.69) is 5.32 Å². The van der Waals surface area contributed by atoms with E-state index in [1.54, 1.807) is 0 Å². The lowest BCUT2D eigenvalue weighted by atomic mass is 9.86. The van der Waals surface area contributed by atoms with Gasteiger partial charge in [-0.25, -0.2) is 0 Å². The molecule has 92 valence electrons. The monoisotopic (exact) mass is 225 g/mol. The van der Waals surface area contributed by atoms with Gasteiger partial charge in [-0.3, -0.25) is 4.79 Å². The van der Waals surface area contributed by atoms with Crippen molar-refractivity contribution < 1.29 is 9.53 Å². The minimum atomic E-state index is 0.301. The summed E-state index contributed by atoms with van der Waals surface area (Å²) in [6.45, 7) is 2.42. The summed E-state index contributed by atoms with van der Waals surface area (Å²) in [4.78, 5) is 11.9. The first kappa shape index (κ1) is 12.1. The van der Waals surface area contributed by atoms with Gasteiger partial charge in [0.15, 0.2) is 5.78 Å². The van der Waals surface area contributed by atoms with E-state index in [1.807, 2.05) is 0 Å². The Bertz CT molecular complexity index is 218. The van der Waals surface area contributed by atoms with E-state index in [0.717, 1.165) is 38.8 Å². The molecule has 2 rings (SSSR count). The summed E-state index contributed by atoms with van der Waals surface area (Å²) in [5.41, 5.74) is 0. The van der Waals surface area contributed by atoms with Crippen LogP contribution in [0.5, 0.6) is 0 Å². The van der Waals surface area contributed by atoms with E-state index < -0.39 is 0 Å². The number of nitrogens with one attached hydrogen (secondary N) is 1. The van der Waals surface area contributed by atoms with Gasteiger partial charge in [-0.05, 0) is 38.8 Å². The maximum atomic E-state index is 11.9. The van der Waals surface area contributed by atoms with E-state index in [1.165, 1.54) is 19.3 Å². The van der Waals surface area contributed by atoms with Gasteiger partial charge in [0.25, 0.3) is 0 Å². The average molecular weight is 225 g/mol. The molecule has 2 fully saturated rings. The Labute approximate surface area is 97.9 Å². The largest absolute Gasteiger partial charge is 0.370 e. The molecule has 1 aliphatic heterocycles. The minimum Gasteiger partial charge on any atom is -0.370 e. The molecule has 3 heteroatoms. The van der Waals surface area contributed by atoms with Gasteiger partial charge in [-0.15, -0.1) is 0 Å². The fraction of sp³-hybridized carbons (Fsp3) is 0.923. The average Bonchev–Trinajstić information content (AvgIpc) is 2.38. The molecule has 0 bridgehead atoms. The van der Waals surface area contributed by atoms with E-state index in [4.69, 9.17) is 4.74 Å². The smallest absolute Gasteiger partial charge is 0.161 e. The number of carbonyl (C=O) groups excluding carboxylic acids is 1. The molecule has 1 saturated heterocycles. The summed E-state index contributed by atoms with van der Waals surface area (Å²) in [5, 5.41) is 3.30. The topological polar surface area (TPSA) is 38.3 Å². The van der Waals surface area contributed by atoms with Gasteiger partial charge in [0.2, 0.25) is 0 Å². The van der Waals surface area contributed by atoms with Gasteiger partial charge < -0.3 is 10.1 Å². The van der Waals surface area contributed by atoms with Gasteiger partial charge in [-0.1, -0.05) is 19.3 Å². The standard InChI is InChI=1S/C13H23NO2/c15-13(11-4-2-1-3-5-11)10-16-12-6-8-14-9-7-12/h11-12,14H,1-10H2. The third-order valence-corrected chi connectivity index (χ3v) is 3.81. The Morgan fingerprint density at radius 3 is 2.44 bits per heavy atom. The predicted molar refractivity (Wildman–Crippen MR) is 63.4 cm³/mol. The number of hydrogen-bond donors (Lipinski definition) is 1. The van der Waals surface area contributed by atoms with Crippen molar-refractivity contribution >= 4 is 5.78 Å². The third kappa shape index (κ3) is 3.56. The molecular weight excluding hydrogens is 202 g/mol. The Morgan fingerprint density at radius 2 is 1.75 bits per heavy atom. The molecule has 0 aromatic carbocycles. The zero-order chi connectivity index (χ0) is 11.2. The summed E-state index contributed by atoms with van der Waals surface area (Å²) < 4.78 is 5.71.